The molecule has 2 aliphatic rings. The Morgan fingerprint density at radius 3 is 2.30 bits per heavy atom. The van der Waals surface area contributed by atoms with Gasteiger partial charge in [-0.1, -0.05) is 35.9 Å². The van der Waals surface area contributed by atoms with Crippen LogP contribution in [0.15, 0.2) is 42.5 Å². The molecule has 1 fully saturated rings. The van der Waals surface area contributed by atoms with Crippen LogP contribution in [0.5, 0.6) is 0 Å². The minimum Gasteiger partial charge on any atom is -0.358 e. The van der Waals surface area contributed by atoms with Crippen LogP contribution >= 0.6 is 11.6 Å². The highest BCUT2D eigenvalue weighted by atomic mass is 35.5. The van der Waals surface area contributed by atoms with E-state index in [1.165, 1.54) is 30.3 Å². The first-order chi connectivity index (χ1) is 17.1. The minimum atomic E-state index is -3.99. The van der Waals surface area contributed by atoms with Crippen LogP contribution in [0.2, 0.25) is 10.8 Å². The van der Waals surface area contributed by atoms with Gasteiger partial charge in [-0.3, -0.25) is 19.2 Å². The van der Waals surface area contributed by atoms with Gasteiger partial charge in [0.25, 0.3) is 11.8 Å². The summed E-state index contributed by atoms with van der Waals surface area (Å²) in [5, 5.41) is -0.158. The van der Waals surface area contributed by atoms with Crippen molar-refractivity contribution < 1.29 is 28.0 Å². The van der Waals surface area contributed by atoms with Gasteiger partial charge in [-0.25, -0.2) is 0 Å². The maximum Gasteiger partial charge on any atom is 0.349 e. The molecule has 7 nitrogen and oxygen atoms in total. The summed E-state index contributed by atoms with van der Waals surface area (Å²) in [6.07, 6.45) is -0.376. The predicted octanol–water partition coefficient (Wildman–Crippen LogP) is 0.316. The molecule has 4 amide bonds. The Labute approximate surface area is 222 Å². The largest absolute Gasteiger partial charge is 0.358 e. The molecule has 1 unspecified atom stereocenters. The molecule has 10 radical (unpaired) electrons. The number of nitrogens with zero attached hydrogens (tertiary/aromatic N) is 2. The molecule has 15 heteroatoms. The molecule has 2 heterocycles. The summed E-state index contributed by atoms with van der Waals surface area (Å²) in [7, 11) is 29.5. The fraction of sp³-hybridized carbons (Fsp3) is 0.273. The predicted molar refractivity (Wildman–Crippen MR) is 133 cm³/mol. The molecular formula is C22H13B5ClF2N3O4. The second-order valence-electron chi connectivity index (χ2n) is 8.92. The number of piperidine rings is 1. The lowest BCUT2D eigenvalue weighted by Crippen LogP contribution is -2.65. The highest BCUT2D eigenvalue weighted by molar-refractivity contribution is 6.43. The van der Waals surface area contributed by atoms with Crippen molar-refractivity contribution in [1.29, 1.82) is 0 Å². The van der Waals surface area contributed by atoms with Crippen LogP contribution in [-0.4, -0.2) is 78.1 Å². The Balaban J connectivity index is 1.58. The molecular weight excluding hydrogens is 498 g/mol. The van der Waals surface area contributed by atoms with Gasteiger partial charge >= 0.3 is 5.92 Å². The molecule has 4 rings (SSSR count). The number of carbonyl (C=O) groups excluding carboxylic acids is 4. The lowest BCUT2D eigenvalue weighted by molar-refractivity contribution is -0.148. The fourth-order valence-corrected chi connectivity index (χ4v) is 4.38. The Morgan fingerprint density at radius 2 is 1.68 bits per heavy atom. The fourth-order valence-electron chi connectivity index (χ4n) is 4.25. The zero-order valence-electron chi connectivity index (χ0n) is 19.1. The van der Waals surface area contributed by atoms with Crippen molar-refractivity contribution in [3.05, 3.63) is 69.7 Å². The number of carbonyl (C=O) groups is 4. The molecule has 1 saturated heterocycles. The van der Waals surface area contributed by atoms with Gasteiger partial charge < -0.3 is 15.0 Å². The van der Waals surface area contributed by atoms with E-state index >= 15 is 0 Å². The normalized spacial score (nSPS) is 22.2. The van der Waals surface area contributed by atoms with Crippen LogP contribution in [0.25, 0.3) is 0 Å². The Morgan fingerprint density at radius 1 is 1.08 bits per heavy atom. The smallest absolute Gasteiger partial charge is 0.349 e. The SMILES string of the molecule is [B]C1C[C@@]([B])(N2Cc3cc(C([B])([B])NC(=O)C(F)(F)c4ccc(Cl)cc4)ccc3C2=O)C(=O)N([B])C1=O. The first kappa shape index (κ1) is 27.0. The zero-order chi connectivity index (χ0) is 27.5. The van der Waals surface area contributed by atoms with E-state index in [1.807, 2.05) is 5.32 Å². The lowest BCUT2D eigenvalue weighted by atomic mass is 9.57. The molecule has 2 atom stereocenters. The molecule has 2 aromatic rings. The van der Waals surface area contributed by atoms with Crippen LogP contribution in [-0.2, 0) is 32.2 Å². The maximum absolute atomic E-state index is 14.7. The number of benzene rings is 2. The Hall–Kier alpha value is -3.01. The summed E-state index contributed by atoms with van der Waals surface area (Å²) in [6.45, 7) is -0.232. The second-order valence-corrected chi connectivity index (χ2v) is 9.35. The number of halogens is 3. The van der Waals surface area contributed by atoms with Gasteiger partial charge in [-0.15, -0.1) is 0 Å². The average molecular weight is 511 g/mol. The van der Waals surface area contributed by atoms with Gasteiger partial charge in [0.1, 0.15) is 7.85 Å². The number of imide groups is 1. The van der Waals surface area contributed by atoms with Crippen LogP contribution < -0.4 is 5.32 Å². The van der Waals surface area contributed by atoms with E-state index in [4.69, 9.17) is 51.0 Å². The first-order valence-electron chi connectivity index (χ1n) is 10.8. The molecule has 2 aromatic carbocycles. The molecule has 1 N–H and O–H groups in total. The van der Waals surface area contributed by atoms with Gasteiger partial charge in [0.15, 0.2) is 0 Å². The van der Waals surface area contributed by atoms with Crippen molar-refractivity contribution in [3.8, 4) is 0 Å². The number of fused-ring (bicyclic) bond motifs is 1. The van der Waals surface area contributed by atoms with Crippen molar-refractivity contribution in [3.63, 3.8) is 0 Å². The third-order valence-electron chi connectivity index (χ3n) is 6.36. The summed E-state index contributed by atoms with van der Waals surface area (Å²) in [6, 6.07) is 8.26. The number of hydrogen-bond donors (Lipinski definition) is 1. The summed E-state index contributed by atoms with van der Waals surface area (Å²) < 4.78 is 29.4. The molecule has 2 aliphatic heterocycles. The topological polar surface area (TPSA) is 86.8 Å². The molecule has 0 spiro atoms. The Kier molecular flexibility index (Phi) is 6.63. The monoisotopic (exact) mass is 511 g/mol. The Bertz CT molecular complexity index is 1330. The van der Waals surface area contributed by atoms with Gasteiger partial charge in [0.05, 0.1) is 29.0 Å². The number of rotatable bonds is 5. The van der Waals surface area contributed by atoms with Crippen molar-refractivity contribution in [2.45, 2.75) is 35.5 Å². The van der Waals surface area contributed by atoms with Crippen LogP contribution in [0.1, 0.15) is 33.5 Å². The molecule has 0 aromatic heterocycles. The van der Waals surface area contributed by atoms with Crippen molar-refractivity contribution >= 4 is 74.6 Å². The van der Waals surface area contributed by atoms with Crippen LogP contribution in [0.3, 0.4) is 0 Å². The number of amides is 4. The molecule has 0 bridgehead atoms. The lowest BCUT2D eigenvalue weighted by Gasteiger charge is -2.46. The van der Waals surface area contributed by atoms with E-state index in [0.29, 0.717) is 0 Å². The van der Waals surface area contributed by atoms with Gasteiger partial charge in [-0.05, 0) is 41.1 Å². The van der Waals surface area contributed by atoms with Gasteiger partial charge in [0, 0.05) is 28.5 Å². The highest BCUT2D eigenvalue weighted by Crippen LogP contribution is 2.38. The summed E-state index contributed by atoms with van der Waals surface area (Å²) in [4.78, 5) is 51.4. The second kappa shape index (κ2) is 9.08. The summed E-state index contributed by atoms with van der Waals surface area (Å²) in [5.74, 6) is -9.52. The van der Waals surface area contributed by atoms with E-state index < -0.39 is 51.7 Å². The average Bonchev–Trinajstić information content (AvgIpc) is 3.18. The van der Waals surface area contributed by atoms with Gasteiger partial charge in [-0.2, -0.15) is 8.78 Å². The van der Waals surface area contributed by atoms with E-state index in [2.05, 4.69) is 0 Å². The summed E-state index contributed by atoms with van der Waals surface area (Å²) >= 11 is 5.71. The van der Waals surface area contributed by atoms with Crippen LogP contribution in [0.4, 0.5) is 8.78 Å². The van der Waals surface area contributed by atoms with Gasteiger partial charge in [0.2, 0.25) is 19.8 Å². The molecule has 37 heavy (non-hydrogen) atoms. The number of nitrogens with one attached hydrogen (secondary N) is 1. The van der Waals surface area contributed by atoms with E-state index in [9.17, 15) is 28.0 Å². The third-order valence-corrected chi connectivity index (χ3v) is 6.61. The zero-order valence-corrected chi connectivity index (χ0v) is 19.8. The van der Waals surface area contributed by atoms with Crippen LogP contribution in [0, 0.1) is 0 Å². The highest BCUT2D eigenvalue weighted by Gasteiger charge is 2.51. The maximum atomic E-state index is 14.7. The third kappa shape index (κ3) is 4.49. The number of alkyl halides is 2. The quantitative estimate of drug-likeness (QED) is 0.464. The molecule has 0 aliphatic carbocycles. The van der Waals surface area contributed by atoms with Crippen molar-refractivity contribution in [2.24, 2.45) is 0 Å². The van der Waals surface area contributed by atoms with Crippen molar-refractivity contribution in [1.82, 2.24) is 15.0 Å². The standard InChI is InChI=1S/C22H13B5ClF2N3O4/c23-15-8-20(24,19(37)33(27)17(15)35)32-9-10-7-12(3-6-14(10)16(32)34)22(25,26)31-18(36)21(29,30)11-1-4-13(28)5-2-11/h1-7,15H,8-9H2,(H,31,36)/t15?,20-/m1/s1. The van der Waals surface area contributed by atoms with Crippen molar-refractivity contribution in [2.75, 3.05) is 0 Å². The van der Waals surface area contributed by atoms with E-state index in [-0.39, 0.29) is 39.5 Å². The molecule has 176 valence electrons. The van der Waals surface area contributed by atoms with E-state index in [1.54, 1.807) is 0 Å². The number of hydrogen-bond acceptors (Lipinski definition) is 4. The first-order valence-corrected chi connectivity index (χ1v) is 11.1. The minimum absolute atomic E-state index is 0.0190. The van der Waals surface area contributed by atoms with E-state index in [0.717, 1.165) is 17.0 Å². The molecule has 0 saturated carbocycles. The summed E-state index contributed by atoms with van der Waals surface area (Å²) in [5.41, 5.74) is -2.27.